The van der Waals surface area contributed by atoms with Crippen LogP contribution in [0.25, 0.3) is 10.9 Å². The summed E-state index contributed by atoms with van der Waals surface area (Å²) in [6.07, 6.45) is 6.92. The number of nitrogens with zero attached hydrogens (tertiary/aromatic N) is 3. The second-order valence-electron chi connectivity index (χ2n) is 5.49. The highest BCUT2D eigenvalue weighted by Gasteiger charge is 2.22. The fraction of sp³-hybridized carbons (Fsp3) is 0.412. The van der Waals surface area contributed by atoms with Gasteiger partial charge < -0.3 is 0 Å². The first-order valence-electron chi connectivity index (χ1n) is 7.32. The zero-order chi connectivity index (χ0) is 13.8. The van der Waals surface area contributed by atoms with Crippen LogP contribution in [0.3, 0.4) is 0 Å². The van der Waals surface area contributed by atoms with Crippen molar-refractivity contribution in [3.8, 4) is 6.07 Å². The van der Waals surface area contributed by atoms with Gasteiger partial charge in [-0.1, -0.05) is 31.0 Å². The molecule has 1 aliphatic rings. The van der Waals surface area contributed by atoms with E-state index in [0.29, 0.717) is 12.6 Å². The van der Waals surface area contributed by atoms with Gasteiger partial charge in [0.15, 0.2) is 0 Å². The molecule has 0 atom stereocenters. The van der Waals surface area contributed by atoms with E-state index in [0.717, 1.165) is 12.1 Å². The second-order valence-corrected chi connectivity index (χ2v) is 5.49. The molecule has 1 heterocycles. The quantitative estimate of drug-likeness (QED) is 0.794. The van der Waals surface area contributed by atoms with E-state index in [1.165, 1.54) is 36.6 Å². The van der Waals surface area contributed by atoms with Crippen molar-refractivity contribution in [3.63, 3.8) is 0 Å². The van der Waals surface area contributed by atoms with Crippen LogP contribution in [-0.2, 0) is 6.54 Å². The molecule has 0 spiro atoms. The third-order valence-corrected chi connectivity index (χ3v) is 4.23. The highest BCUT2D eigenvalue weighted by atomic mass is 15.2. The lowest BCUT2D eigenvalue weighted by atomic mass is 10.1. The normalized spacial score (nSPS) is 15.8. The van der Waals surface area contributed by atoms with Crippen molar-refractivity contribution in [3.05, 3.63) is 42.1 Å². The molecule has 1 aromatic carbocycles. The summed E-state index contributed by atoms with van der Waals surface area (Å²) in [5, 5.41) is 10.3. The number of aromatic nitrogens is 1. The Balaban J connectivity index is 1.88. The minimum Gasteiger partial charge on any atom is -0.283 e. The molecule has 0 bridgehead atoms. The van der Waals surface area contributed by atoms with Gasteiger partial charge in [0.25, 0.3) is 0 Å². The fourth-order valence-corrected chi connectivity index (χ4v) is 3.19. The number of hydrogen-bond donors (Lipinski definition) is 0. The van der Waals surface area contributed by atoms with E-state index >= 15 is 0 Å². The van der Waals surface area contributed by atoms with Gasteiger partial charge in [-0.15, -0.1) is 0 Å². The molecule has 3 heteroatoms. The summed E-state index contributed by atoms with van der Waals surface area (Å²) in [7, 11) is 0. The van der Waals surface area contributed by atoms with Crippen molar-refractivity contribution in [2.45, 2.75) is 38.3 Å². The lowest BCUT2D eigenvalue weighted by Crippen LogP contribution is -2.33. The molecular weight excluding hydrogens is 246 g/mol. The third kappa shape index (κ3) is 2.66. The van der Waals surface area contributed by atoms with Crippen LogP contribution in [0.15, 0.2) is 36.5 Å². The van der Waals surface area contributed by atoms with Crippen molar-refractivity contribution in [2.75, 3.05) is 6.54 Å². The maximum atomic E-state index is 9.08. The number of fused-ring (bicyclic) bond motifs is 1. The Morgan fingerprint density at radius 2 is 2.00 bits per heavy atom. The van der Waals surface area contributed by atoms with Crippen LogP contribution in [0.2, 0.25) is 0 Å². The van der Waals surface area contributed by atoms with Crippen LogP contribution < -0.4 is 0 Å². The van der Waals surface area contributed by atoms with E-state index < -0.39 is 0 Å². The molecule has 2 aromatic rings. The Kier molecular flexibility index (Phi) is 3.94. The minimum atomic E-state index is 0.515. The molecule has 0 aliphatic heterocycles. The Bertz CT molecular complexity index is 618. The number of hydrogen-bond acceptors (Lipinski definition) is 3. The second kappa shape index (κ2) is 6.02. The van der Waals surface area contributed by atoms with Gasteiger partial charge in [-0.3, -0.25) is 9.88 Å². The topological polar surface area (TPSA) is 39.9 Å². The first-order valence-corrected chi connectivity index (χ1v) is 7.32. The van der Waals surface area contributed by atoms with Crippen LogP contribution in [0.5, 0.6) is 0 Å². The standard InChI is InChI=1S/C17H19N3/c18-10-12-20(15-5-1-2-6-15)13-14-9-11-19-17-8-4-3-7-16(14)17/h3-4,7-9,11,15H,1-2,5-6,12-13H2. The Morgan fingerprint density at radius 1 is 1.20 bits per heavy atom. The average Bonchev–Trinajstić information content (AvgIpc) is 3.01. The molecule has 0 amide bonds. The lowest BCUT2D eigenvalue weighted by Gasteiger charge is -2.26. The monoisotopic (exact) mass is 265 g/mol. The average molecular weight is 265 g/mol. The molecule has 1 saturated carbocycles. The van der Waals surface area contributed by atoms with Gasteiger partial charge in [0.2, 0.25) is 0 Å². The first kappa shape index (κ1) is 13.1. The predicted molar refractivity (Wildman–Crippen MR) is 80.0 cm³/mol. The molecule has 0 unspecified atom stereocenters. The molecule has 3 nitrogen and oxygen atoms in total. The van der Waals surface area contributed by atoms with Gasteiger partial charge in [0, 0.05) is 24.2 Å². The van der Waals surface area contributed by atoms with E-state index in [2.05, 4.69) is 34.2 Å². The summed E-state index contributed by atoms with van der Waals surface area (Å²) in [6, 6.07) is 13.2. The van der Waals surface area contributed by atoms with Crippen LogP contribution >= 0.6 is 0 Å². The summed E-state index contributed by atoms with van der Waals surface area (Å²) in [4.78, 5) is 6.74. The molecule has 1 aromatic heterocycles. The maximum absolute atomic E-state index is 9.08. The number of pyridine rings is 1. The van der Waals surface area contributed by atoms with Gasteiger partial charge >= 0.3 is 0 Å². The molecule has 3 rings (SSSR count). The van der Waals surface area contributed by atoms with Gasteiger partial charge in [0.05, 0.1) is 18.1 Å². The zero-order valence-electron chi connectivity index (χ0n) is 11.6. The van der Waals surface area contributed by atoms with Gasteiger partial charge in [0.1, 0.15) is 0 Å². The predicted octanol–water partition coefficient (Wildman–Crippen LogP) is 3.50. The summed E-state index contributed by atoms with van der Waals surface area (Å²) >= 11 is 0. The smallest absolute Gasteiger partial charge is 0.0871 e. The van der Waals surface area contributed by atoms with Crippen LogP contribution in [0.1, 0.15) is 31.2 Å². The van der Waals surface area contributed by atoms with Gasteiger partial charge in [-0.25, -0.2) is 0 Å². The number of para-hydroxylation sites is 1. The Hall–Kier alpha value is -1.92. The van der Waals surface area contributed by atoms with Crippen molar-refractivity contribution >= 4 is 10.9 Å². The largest absolute Gasteiger partial charge is 0.283 e. The molecule has 0 N–H and O–H groups in total. The number of rotatable bonds is 4. The highest BCUT2D eigenvalue weighted by Crippen LogP contribution is 2.26. The van der Waals surface area contributed by atoms with E-state index in [1.54, 1.807) is 0 Å². The summed E-state index contributed by atoms with van der Waals surface area (Å²) in [6.45, 7) is 1.36. The van der Waals surface area contributed by atoms with Crippen molar-refractivity contribution in [2.24, 2.45) is 0 Å². The van der Waals surface area contributed by atoms with Gasteiger partial charge in [-0.05, 0) is 30.5 Å². The van der Waals surface area contributed by atoms with Crippen LogP contribution in [0, 0.1) is 11.3 Å². The van der Waals surface area contributed by atoms with E-state index in [-0.39, 0.29) is 0 Å². The summed E-state index contributed by atoms with van der Waals surface area (Å²) < 4.78 is 0. The van der Waals surface area contributed by atoms with Gasteiger partial charge in [-0.2, -0.15) is 5.26 Å². The van der Waals surface area contributed by atoms with E-state index in [4.69, 9.17) is 5.26 Å². The van der Waals surface area contributed by atoms with E-state index in [9.17, 15) is 0 Å². The minimum absolute atomic E-state index is 0.515. The third-order valence-electron chi connectivity index (χ3n) is 4.23. The SMILES string of the molecule is N#CCN(Cc1ccnc2ccccc12)C1CCCC1. The van der Waals surface area contributed by atoms with Crippen molar-refractivity contribution in [1.82, 2.24) is 9.88 Å². The molecule has 0 radical (unpaired) electrons. The number of benzene rings is 1. The Morgan fingerprint density at radius 3 is 2.80 bits per heavy atom. The molecular formula is C17H19N3. The highest BCUT2D eigenvalue weighted by molar-refractivity contribution is 5.81. The lowest BCUT2D eigenvalue weighted by molar-refractivity contribution is 0.215. The van der Waals surface area contributed by atoms with E-state index in [1.807, 2.05) is 18.3 Å². The Labute approximate surface area is 119 Å². The fourth-order valence-electron chi connectivity index (χ4n) is 3.19. The summed E-state index contributed by atoms with van der Waals surface area (Å²) in [5.41, 5.74) is 2.31. The first-order chi connectivity index (χ1) is 9.88. The molecule has 20 heavy (non-hydrogen) atoms. The van der Waals surface area contributed by atoms with Crippen molar-refractivity contribution in [1.29, 1.82) is 5.26 Å². The molecule has 1 aliphatic carbocycles. The zero-order valence-corrected chi connectivity index (χ0v) is 11.6. The van der Waals surface area contributed by atoms with Crippen LogP contribution in [0.4, 0.5) is 0 Å². The molecule has 0 saturated heterocycles. The number of nitriles is 1. The summed E-state index contributed by atoms with van der Waals surface area (Å²) in [5.74, 6) is 0. The molecule has 1 fully saturated rings. The molecule has 102 valence electrons. The van der Waals surface area contributed by atoms with Crippen LogP contribution in [-0.4, -0.2) is 22.5 Å². The maximum Gasteiger partial charge on any atom is 0.0871 e. The van der Waals surface area contributed by atoms with Crippen molar-refractivity contribution < 1.29 is 0 Å².